The highest BCUT2D eigenvalue weighted by Crippen LogP contribution is 2.24. The monoisotopic (exact) mass is 386 g/mol. The van der Waals surface area contributed by atoms with E-state index < -0.39 is 12.5 Å². The second-order valence-corrected chi connectivity index (χ2v) is 5.95. The van der Waals surface area contributed by atoms with Crippen molar-refractivity contribution in [2.45, 2.75) is 12.8 Å². The van der Waals surface area contributed by atoms with Crippen molar-refractivity contribution in [3.05, 3.63) is 53.6 Å². The van der Waals surface area contributed by atoms with Crippen LogP contribution in [0.5, 0.6) is 11.5 Å². The molecule has 0 saturated carbocycles. The molecule has 0 bridgehead atoms. The summed E-state index contributed by atoms with van der Waals surface area (Å²) >= 11 is 0. The number of carboxylic acids is 1. The Kier molecular flexibility index (Phi) is 7.38. The van der Waals surface area contributed by atoms with Gasteiger partial charge in [0, 0.05) is 11.3 Å². The van der Waals surface area contributed by atoms with Gasteiger partial charge in [0.1, 0.15) is 18.0 Å². The van der Waals surface area contributed by atoms with Gasteiger partial charge in [-0.25, -0.2) is 0 Å². The van der Waals surface area contributed by atoms with E-state index in [0.29, 0.717) is 28.3 Å². The molecular formula is C20H22N2O6. The molecule has 0 atom stereocenters. The van der Waals surface area contributed by atoms with Crippen molar-refractivity contribution in [1.29, 1.82) is 0 Å². The van der Waals surface area contributed by atoms with Crippen LogP contribution < -0.4 is 20.1 Å². The van der Waals surface area contributed by atoms with E-state index in [-0.39, 0.29) is 24.7 Å². The lowest BCUT2D eigenvalue weighted by Crippen LogP contribution is -2.30. The summed E-state index contributed by atoms with van der Waals surface area (Å²) < 4.78 is 10.5. The van der Waals surface area contributed by atoms with Gasteiger partial charge in [-0.1, -0.05) is 12.1 Å². The van der Waals surface area contributed by atoms with Crippen LogP contribution in [0.4, 0.5) is 5.69 Å². The van der Waals surface area contributed by atoms with Crippen LogP contribution in [0, 0.1) is 0 Å². The van der Waals surface area contributed by atoms with Crippen molar-refractivity contribution in [2.24, 2.45) is 0 Å². The highest BCUT2D eigenvalue weighted by molar-refractivity contribution is 5.92. The van der Waals surface area contributed by atoms with Crippen LogP contribution in [-0.4, -0.2) is 43.7 Å². The fraction of sp³-hybridized carbons (Fsp3) is 0.250. The largest absolute Gasteiger partial charge is 0.497 e. The molecule has 3 N–H and O–H groups in total. The van der Waals surface area contributed by atoms with Gasteiger partial charge in [0.2, 0.25) is 11.8 Å². The molecule has 0 saturated heterocycles. The molecule has 148 valence electrons. The van der Waals surface area contributed by atoms with Crippen molar-refractivity contribution in [1.82, 2.24) is 5.32 Å². The predicted molar refractivity (Wildman–Crippen MR) is 103 cm³/mol. The van der Waals surface area contributed by atoms with Gasteiger partial charge in [-0.05, 0) is 35.9 Å². The molecule has 2 aromatic carbocycles. The van der Waals surface area contributed by atoms with E-state index in [2.05, 4.69) is 10.6 Å². The smallest absolute Gasteiger partial charge is 0.322 e. The number of nitrogens with one attached hydrogen (secondary N) is 2. The Labute approximate surface area is 162 Å². The SMILES string of the molecule is COc1ccc(OC)c(CC(=O)Nc2ccc(CC(=O)NCC(=O)O)cc2)c1. The molecule has 0 spiro atoms. The molecule has 0 unspecified atom stereocenters. The standard InChI is InChI=1S/C20H22N2O6/c1-27-16-7-8-17(28-2)14(10-16)11-19(24)22-15-5-3-13(4-6-15)9-18(23)21-12-20(25)26/h3-8,10H,9,11-12H2,1-2H3,(H,21,23)(H,22,24)(H,25,26). The zero-order chi connectivity index (χ0) is 20.5. The van der Waals surface area contributed by atoms with Crippen molar-refractivity contribution in [2.75, 3.05) is 26.1 Å². The van der Waals surface area contributed by atoms with Crippen LogP contribution in [0.15, 0.2) is 42.5 Å². The van der Waals surface area contributed by atoms with E-state index in [4.69, 9.17) is 14.6 Å². The number of amides is 2. The minimum absolute atomic E-state index is 0.0581. The van der Waals surface area contributed by atoms with Gasteiger partial charge in [-0.15, -0.1) is 0 Å². The minimum atomic E-state index is -1.10. The Balaban J connectivity index is 1.94. The van der Waals surface area contributed by atoms with Crippen molar-refractivity contribution >= 4 is 23.5 Å². The molecule has 0 aliphatic rings. The van der Waals surface area contributed by atoms with Crippen LogP contribution in [-0.2, 0) is 27.2 Å². The molecule has 0 aliphatic heterocycles. The summed E-state index contributed by atoms with van der Waals surface area (Å²) in [6.07, 6.45) is 0.169. The summed E-state index contributed by atoms with van der Waals surface area (Å²) in [6.45, 7) is -0.416. The molecule has 2 amide bonds. The Hall–Kier alpha value is -3.55. The molecular weight excluding hydrogens is 364 g/mol. The molecule has 2 rings (SSSR count). The third-order valence-electron chi connectivity index (χ3n) is 3.88. The topological polar surface area (TPSA) is 114 Å². The number of aliphatic carboxylic acids is 1. The number of carbonyl (C=O) groups is 3. The first-order valence-corrected chi connectivity index (χ1v) is 8.49. The van der Waals surface area contributed by atoms with Gasteiger partial charge < -0.3 is 25.2 Å². The summed E-state index contributed by atoms with van der Waals surface area (Å²) in [7, 11) is 3.09. The quantitative estimate of drug-likeness (QED) is 0.604. The number of carbonyl (C=O) groups excluding carboxylic acids is 2. The number of hydrogen-bond donors (Lipinski definition) is 3. The molecule has 0 fully saturated rings. The van der Waals surface area contributed by atoms with Crippen LogP contribution in [0.1, 0.15) is 11.1 Å². The number of hydrogen-bond acceptors (Lipinski definition) is 5. The van der Waals surface area contributed by atoms with Gasteiger partial charge in [0.15, 0.2) is 0 Å². The second kappa shape index (κ2) is 9.96. The maximum Gasteiger partial charge on any atom is 0.322 e. The normalized spacial score (nSPS) is 10.1. The van der Waals surface area contributed by atoms with Crippen molar-refractivity contribution < 1.29 is 29.0 Å². The summed E-state index contributed by atoms with van der Waals surface area (Å²) in [4.78, 5) is 34.4. The summed E-state index contributed by atoms with van der Waals surface area (Å²) in [5.41, 5.74) is 1.99. The van der Waals surface area contributed by atoms with Crippen molar-refractivity contribution in [3.63, 3.8) is 0 Å². The molecule has 0 radical (unpaired) electrons. The minimum Gasteiger partial charge on any atom is -0.497 e. The molecule has 8 heteroatoms. The average Bonchev–Trinajstić information content (AvgIpc) is 2.67. The second-order valence-electron chi connectivity index (χ2n) is 5.95. The lowest BCUT2D eigenvalue weighted by molar-refractivity contribution is -0.137. The van der Waals surface area contributed by atoms with Crippen LogP contribution >= 0.6 is 0 Å². The van der Waals surface area contributed by atoms with Gasteiger partial charge in [0.25, 0.3) is 0 Å². The first-order chi connectivity index (χ1) is 13.4. The highest BCUT2D eigenvalue weighted by atomic mass is 16.5. The Morgan fingerprint density at radius 3 is 2.25 bits per heavy atom. The van der Waals surface area contributed by atoms with Gasteiger partial charge in [-0.2, -0.15) is 0 Å². The van der Waals surface area contributed by atoms with Crippen molar-refractivity contribution in [3.8, 4) is 11.5 Å². The maximum absolute atomic E-state index is 12.3. The van der Waals surface area contributed by atoms with Crippen LogP contribution in [0.3, 0.4) is 0 Å². The fourth-order valence-corrected chi connectivity index (χ4v) is 2.53. The third kappa shape index (κ3) is 6.31. The van der Waals surface area contributed by atoms with Gasteiger partial charge >= 0.3 is 5.97 Å². The van der Waals surface area contributed by atoms with E-state index >= 15 is 0 Å². The highest BCUT2D eigenvalue weighted by Gasteiger charge is 2.11. The summed E-state index contributed by atoms with van der Waals surface area (Å²) in [6, 6.07) is 12.0. The average molecular weight is 386 g/mol. The molecule has 2 aromatic rings. The Bertz CT molecular complexity index is 848. The number of methoxy groups -OCH3 is 2. The number of carboxylic acid groups (broad SMARTS) is 1. The molecule has 0 aromatic heterocycles. The summed E-state index contributed by atoms with van der Waals surface area (Å²) in [5, 5.41) is 13.6. The first kappa shape index (κ1) is 20.8. The van der Waals surface area contributed by atoms with Gasteiger partial charge in [0.05, 0.1) is 27.1 Å². The van der Waals surface area contributed by atoms with E-state index in [0.717, 1.165) is 0 Å². The van der Waals surface area contributed by atoms with Crippen LogP contribution in [0.2, 0.25) is 0 Å². The molecule has 28 heavy (non-hydrogen) atoms. The van der Waals surface area contributed by atoms with E-state index in [9.17, 15) is 14.4 Å². The van der Waals surface area contributed by atoms with E-state index in [1.807, 2.05) is 0 Å². The summed E-state index contributed by atoms with van der Waals surface area (Å²) in [5.74, 6) is -0.477. The zero-order valence-electron chi connectivity index (χ0n) is 15.7. The van der Waals surface area contributed by atoms with Crippen LogP contribution in [0.25, 0.3) is 0 Å². The molecule has 0 heterocycles. The molecule has 0 aliphatic carbocycles. The first-order valence-electron chi connectivity index (χ1n) is 8.49. The Morgan fingerprint density at radius 2 is 1.64 bits per heavy atom. The maximum atomic E-state index is 12.3. The zero-order valence-corrected chi connectivity index (χ0v) is 15.7. The molecule has 8 nitrogen and oxygen atoms in total. The lowest BCUT2D eigenvalue weighted by atomic mass is 10.1. The predicted octanol–water partition coefficient (Wildman–Crippen LogP) is 1.63. The number of rotatable bonds is 9. The van der Waals surface area contributed by atoms with E-state index in [1.54, 1.807) is 49.6 Å². The Morgan fingerprint density at radius 1 is 0.929 bits per heavy atom. The number of anilines is 1. The number of ether oxygens (including phenoxy) is 2. The number of benzene rings is 2. The van der Waals surface area contributed by atoms with Gasteiger partial charge in [-0.3, -0.25) is 14.4 Å². The third-order valence-corrected chi connectivity index (χ3v) is 3.88. The lowest BCUT2D eigenvalue weighted by Gasteiger charge is -2.11. The fourth-order valence-electron chi connectivity index (χ4n) is 2.53. The van der Waals surface area contributed by atoms with E-state index in [1.165, 1.54) is 7.11 Å².